The van der Waals surface area contributed by atoms with Gasteiger partial charge in [-0.1, -0.05) is 18.5 Å². The molecular weight excluding hydrogens is 268 g/mol. The summed E-state index contributed by atoms with van der Waals surface area (Å²) in [7, 11) is 3.06. The van der Waals surface area contributed by atoms with Gasteiger partial charge in [0.05, 0.1) is 13.7 Å². The Morgan fingerprint density at radius 2 is 2.21 bits per heavy atom. The summed E-state index contributed by atoms with van der Waals surface area (Å²) in [5.74, 6) is 0.316. The van der Waals surface area contributed by atoms with E-state index in [-0.39, 0.29) is 18.2 Å². The molecule has 0 aliphatic rings. The fraction of sp³-hybridized carbons (Fsp3) is 0.462. The van der Waals surface area contributed by atoms with Crippen molar-refractivity contribution >= 4 is 17.5 Å². The smallest absolute Gasteiger partial charge is 0.233 e. The second-order valence-corrected chi connectivity index (χ2v) is 4.53. The first-order chi connectivity index (χ1) is 9.01. The third-order valence-electron chi connectivity index (χ3n) is 2.83. The van der Waals surface area contributed by atoms with Crippen LogP contribution in [0.1, 0.15) is 12.5 Å². The fourth-order valence-corrected chi connectivity index (χ4v) is 1.94. The van der Waals surface area contributed by atoms with Crippen LogP contribution in [0.15, 0.2) is 12.1 Å². The summed E-state index contributed by atoms with van der Waals surface area (Å²) in [4.78, 5) is 13.3. The van der Waals surface area contributed by atoms with Crippen molar-refractivity contribution in [3.8, 4) is 11.5 Å². The minimum absolute atomic E-state index is 0.0576. The Bertz CT molecular complexity index is 452. The van der Waals surface area contributed by atoms with Crippen LogP contribution in [0.4, 0.5) is 0 Å². The Balaban J connectivity index is 2.90. The minimum atomic E-state index is -0.0738. The molecule has 1 aromatic rings. The van der Waals surface area contributed by atoms with Crippen LogP contribution >= 0.6 is 11.6 Å². The molecule has 106 valence electrons. The molecule has 5 nitrogen and oxygen atoms in total. The lowest BCUT2D eigenvalue weighted by atomic mass is 10.1. The van der Waals surface area contributed by atoms with Crippen molar-refractivity contribution in [2.75, 3.05) is 27.2 Å². The van der Waals surface area contributed by atoms with E-state index in [0.717, 1.165) is 0 Å². The van der Waals surface area contributed by atoms with E-state index < -0.39 is 0 Å². The summed E-state index contributed by atoms with van der Waals surface area (Å²) in [6.07, 6.45) is 0. The predicted molar refractivity (Wildman–Crippen MR) is 74.7 cm³/mol. The van der Waals surface area contributed by atoms with Gasteiger partial charge in [-0.05, 0) is 12.6 Å². The molecule has 0 atom stereocenters. The van der Waals surface area contributed by atoms with Crippen molar-refractivity contribution < 1.29 is 14.6 Å². The number of carbonyl (C=O) groups is 1. The van der Waals surface area contributed by atoms with Crippen molar-refractivity contribution in [1.29, 1.82) is 0 Å². The normalized spacial score (nSPS) is 10.6. The van der Waals surface area contributed by atoms with E-state index in [1.165, 1.54) is 7.11 Å². The summed E-state index contributed by atoms with van der Waals surface area (Å²) in [6.45, 7) is 3.32. The van der Waals surface area contributed by atoms with Gasteiger partial charge in [0.1, 0.15) is 0 Å². The van der Waals surface area contributed by atoms with Crippen LogP contribution in [0.25, 0.3) is 0 Å². The highest BCUT2D eigenvalue weighted by Crippen LogP contribution is 2.34. The third-order valence-corrected chi connectivity index (χ3v) is 3.04. The molecule has 0 aromatic heterocycles. The minimum Gasteiger partial charge on any atom is -0.504 e. The van der Waals surface area contributed by atoms with E-state index in [4.69, 9.17) is 16.3 Å². The molecule has 0 radical (unpaired) electrons. The Hall–Kier alpha value is -1.46. The number of benzene rings is 1. The van der Waals surface area contributed by atoms with Crippen LogP contribution in [-0.2, 0) is 11.3 Å². The van der Waals surface area contributed by atoms with Crippen molar-refractivity contribution in [2.24, 2.45) is 0 Å². The zero-order valence-electron chi connectivity index (χ0n) is 11.4. The number of methoxy groups -OCH3 is 1. The molecule has 1 aromatic carbocycles. The van der Waals surface area contributed by atoms with Gasteiger partial charge in [-0.3, -0.25) is 9.69 Å². The Labute approximate surface area is 118 Å². The zero-order chi connectivity index (χ0) is 14.4. The topological polar surface area (TPSA) is 61.8 Å². The van der Waals surface area contributed by atoms with E-state index >= 15 is 0 Å². The number of nitrogens with one attached hydrogen (secondary N) is 1. The van der Waals surface area contributed by atoms with Gasteiger partial charge in [0.25, 0.3) is 0 Å². The van der Waals surface area contributed by atoms with Crippen LogP contribution in [0.5, 0.6) is 11.5 Å². The number of rotatable bonds is 6. The van der Waals surface area contributed by atoms with Crippen molar-refractivity contribution in [1.82, 2.24) is 10.2 Å². The molecule has 1 amide bonds. The molecule has 0 bridgehead atoms. The zero-order valence-corrected chi connectivity index (χ0v) is 12.1. The van der Waals surface area contributed by atoms with Crippen LogP contribution in [0.3, 0.4) is 0 Å². The summed E-state index contributed by atoms with van der Waals surface area (Å²) < 4.78 is 5.05. The molecule has 0 unspecified atom stereocenters. The van der Waals surface area contributed by atoms with Crippen LogP contribution < -0.4 is 10.1 Å². The highest BCUT2D eigenvalue weighted by Gasteiger charge is 2.14. The molecule has 0 spiro atoms. The Morgan fingerprint density at radius 1 is 1.53 bits per heavy atom. The number of aromatic hydroxyl groups is 1. The molecule has 0 saturated carbocycles. The van der Waals surface area contributed by atoms with Gasteiger partial charge >= 0.3 is 0 Å². The van der Waals surface area contributed by atoms with E-state index in [9.17, 15) is 9.90 Å². The molecule has 0 fully saturated rings. The second-order valence-electron chi connectivity index (χ2n) is 4.09. The number of amides is 1. The number of likely N-dealkylation sites (N-methyl/N-ethyl adjacent to an activating group) is 2. The van der Waals surface area contributed by atoms with E-state index in [0.29, 0.717) is 29.4 Å². The van der Waals surface area contributed by atoms with E-state index in [1.807, 2.05) is 11.8 Å². The first-order valence-corrected chi connectivity index (χ1v) is 6.37. The monoisotopic (exact) mass is 286 g/mol. The van der Waals surface area contributed by atoms with Crippen molar-refractivity contribution in [2.45, 2.75) is 13.5 Å². The maximum atomic E-state index is 11.4. The summed E-state index contributed by atoms with van der Waals surface area (Å²) >= 11 is 5.97. The molecule has 0 aliphatic heterocycles. The van der Waals surface area contributed by atoms with E-state index in [1.54, 1.807) is 19.2 Å². The summed E-state index contributed by atoms with van der Waals surface area (Å²) in [6, 6.07) is 3.22. The standard InChI is InChI=1S/C13H19ClN2O3/c1-4-16(8-12(17)15-2)7-9-5-10(14)6-11(19-3)13(9)18/h5-6,18H,4,7-8H2,1-3H3,(H,15,17). The van der Waals surface area contributed by atoms with Crippen LogP contribution in [0.2, 0.25) is 5.02 Å². The number of hydrogen-bond acceptors (Lipinski definition) is 4. The first kappa shape index (κ1) is 15.6. The number of phenolic OH excluding ortho intramolecular Hbond substituents is 1. The predicted octanol–water partition coefficient (Wildman–Crippen LogP) is 1.62. The largest absolute Gasteiger partial charge is 0.504 e. The molecule has 19 heavy (non-hydrogen) atoms. The quantitative estimate of drug-likeness (QED) is 0.834. The lowest BCUT2D eigenvalue weighted by Crippen LogP contribution is -2.35. The lowest BCUT2D eigenvalue weighted by Gasteiger charge is -2.20. The molecule has 0 aliphatic carbocycles. The molecule has 1 rings (SSSR count). The SMILES string of the molecule is CCN(CC(=O)NC)Cc1cc(Cl)cc(OC)c1O. The molecular formula is C13H19ClN2O3. The van der Waals surface area contributed by atoms with E-state index in [2.05, 4.69) is 5.32 Å². The second kappa shape index (κ2) is 7.21. The highest BCUT2D eigenvalue weighted by atomic mass is 35.5. The summed E-state index contributed by atoms with van der Waals surface area (Å²) in [5.41, 5.74) is 0.634. The van der Waals surface area contributed by atoms with Crippen LogP contribution in [0, 0.1) is 0 Å². The molecule has 2 N–H and O–H groups in total. The number of phenols is 1. The van der Waals surface area contributed by atoms with Gasteiger partial charge in [-0.2, -0.15) is 0 Å². The third kappa shape index (κ3) is 4.29. The van der Waals surface area contributed by atoms with Crippen LogP contribution in [-0.4, -0.2) is 43.2 Å². The first-order valence-electron chi connectivity index (χ1n) is 6.00. The van der Waals surface area contributed by atoms with Crippen molar-refractivity contribution in [3.05, 3.63) is 22.7 Å². The summed E-state index contributed by atoms with van der Waals surface area (Å²) in [5, 5.41) is 13.1. The average Bonchev–Trinajstić information content (AvgIpc) is 2.41. The maximum Gasteiger partial charge on any atom is 0.233 e. The van der Waals surface area contributed by atoms with Gasteiger partial charge in [0.2, 0.25) is 5.91 Å². The lowest BCUT2D eigenvalue weighted by molar-refractivity contribution is -0.121. The van der Waals surface area contributed by atoms with Gasteiger partial charge in [-0.15, -0.1) is 0 Å². The number of ether oxygens (including phenoxy) is 1. The maximum absolute atomic E-state index is 11.4. The highest BCUT2D eigenvalue weighted by molar-refractivity contribution is 6.30. The number of carbonyl (C=O) groups excluding carboxylic acids is 1. The van der Waals surface area contributed by atoms with Gasteiger partial charge in [0, 0.05) is 30.2 Å². The fourth-order valence-electron chi connectivity index (χ4n) is 1.71. The van der Waals surface area contributed by atoms with Gasteiger partial charge in [-0.25, -0.2) is 0 Å². The Morgan fingerprint density at radius 3 is 2.74 bits per heavy atom. The van der Waals surface area contributed by atoms with Gasteiger partial charge in [0.15, 0.2) is 11.5 Å². The number of nitrogens with zero attached hydrogens (tertiary/aromatic N) is 1. The number of hydrogen-bond donors (Lipinski definition) is 2. The molecule has 0 saturated heterocycles. The Kier molecular flexibility index (Phi) is 5.92. The molecule has 0 heterocycles. The average molecular weight is 287 g/mol. The van der Waals surface area contributed by atoms with Crippen molar-refractivity contribution in [3.63, 3.8) is 0 Å². The molecule has 6 heteroatoms. The number of halogens is 1. The van der Waals surface area contributed by atoms with Gasteiger partial charge < -0.3 is 15.2 Å².